The summed E-state index contributed by atoms with van der Waals surface area (Å²) >= 11 is 3.62. The number of methoxy groups -OCH3 is 1. The van der Waals surface area contributed by atoms with Crippen molar-refractivity contribution in [3.63, 3.8) is 0 Å². The summed E-state index contributed by atoms with van der Waals surface area (Å²) in [6.45, 7) is 5.27. The van der Waals surface area contributed by atoms with Gasteiger partial charge in [-0.25, -0.2) is 0 Å². The van der Waals surface area contributed by atoms with Gasteiger partial charge in [-0.2, -0.15) is 0 Å². The van der Waals surface area contributed by atoms with E-state index in [1.165, 1.54) is 30.5 Å². The summed E-state index contributed by atoms with van der Waals surface area (Å²) in [4.78, 5) is 2.49. The van der Waals surface area contributed by atoms with E-state index >= 15 is 0 Å². The second-order valence-corrected chi connectivity index (χ2v) is 7.52. The predicted molar refractivity (Wildman–Crippen MR) is 90.9 cm³/mol. The minimum Gasteiger partial charge on any atom is -0.377 e. The van der Waals surface area contributed by atoms with Crippen molar-refractivity contribution in [3.8, 4) is 0 Å². The summed E-state index contributed by atoms with van der Waals surface area (Å²) in [5.74, 6) is 0. The number of benzene rings is 1. The molecule has 1 N–H and O–H groups in total. The van der Waals surface area contributed by atoms with Gasteiger partial charge >= 0.3 is 0 Å². The first-order chi connectivity index (χ1) is 10.1. The Labute approximate surface area is 136 Å². The van der Waals surface area contributed by atoms with Gasteiger partial charge in [0.2, 0.25) is 0 Å². The summed E-state index contributed by atoms with van der Waals surface area (Å²) in [6, 6.07) is 7.39. The van der Waals surface area contributed by atoms with E-state index in [9.17, 15) is 0 Å². The zero-order valence-electron chi connectivity index (χ0n) is 13.0. The molecule has 0 spiro atoms. The quantitative estimate of drug-likeness (QED) is 0.874. The maximum atomic E-state index is 5.74. The fraction of sp³-hybridized carbons (Fsp3) is 0.647. The van der Waals surface area contributed by atoms with Crippen molar-refractivity contribution in [1.29, 1.82) is 0 Å². The topological polar surface area (TPSA) is 24.5 Å². The molecule has 0 bridgehead atoms. The monoisotopic (exact) mass is 352 g/mol. The van der Waals surface area contributed by atoms with Crippen LogP contribution in [0.5, 0.6) is 0 Å². The van der Waals surface area contributed by atoms with Crippen LogP contribution in [0.3, 0.4) is 0 Å². The normalized spacial score (nSPS) is 26.1. The maximum absolute atomic E-state index is 5.74. The molecule has 1 saturated carbocycles. The van der Waals surface area contributed by atoms with Crippen molar-refractivity contribution in [1.82, 2.24) is 5.32 Å². The van der Waals surface area contributed by atoms with E-state index in [1.807, 2.05) is 7.11 Å². The smallest absolute Gasteiger partial charge is 0.0825 e. The molecule has 3 rings (SSSR count). The van der Waals surface area contributed by atoms with Gasteiger partial charge in [0.1, 0.15) is 0 Å². The van der Waals surface area contributed by atoms with E-state index in [1.54, 1.807) is 0 Å². The number of rotatable bonds is 5. The molecule has 2 fully saturated rings. The molecule has 0 radical (unpaired) electrons. The third-order valence-corrected chi connectivity index (χ3v) is 5.19. The van der Waals surface area contributed by atoms with E-state index in [2.05, 4.69) is 51.3 Å². The largest absolute Gasteiger partial charge is 0.377 e. The lowest BCUT2D eigenvalue weighted by atomic mass is 9.94. The Kier molecular flexibility index (Phi) is 4.57. The van der Waals surface area contributed by atoms with Crippen molar-refractivity contribution < 1.29 is 4.74 Å². The number of hydrogen-bond acceptors (Lipinski definition) is 3. The molecule has 3 nitrogen and oxygen atoms in total. The van der Waals surface area contributed by atoms with Gasteiger partial charge in [0.05, 0.1) is 5.60 Å². The van der Waals surface area contributed by atoms with Crippen LogP contribution in [-0.4, -0.2) is 31.8 Å². The van der Waals surface area contributed by atoms with Crippen LogP contribution in [0.15, 0.2) is 22.7 Å². The molecule has 1 aromatic rings. The molecule has 1 aromatic carbocycles. The average molecular weight is 353 g/mol. The van der Waals surface area contributed by atoms with Crippen molar-refractivity contribution >= 4 is 21.6 Å². The molecule has 0 aromatic heterocycles. The van der Waals surface area contributed by atoms with Crippen LogP contribution in [0, 0.1) is 0 Å². The number of ether oxygens (including phenoxy) is 1. The number of nitrogens with zero attached hydrogens (tertiary/aromatic N) is 1. The van der Waals surface area contributed by atoms with E-state index in [4.69, 9.17) is 4.74 Å². The van der Waals surface area contributed by atoms with Gasteiger partial charge in [-0.15, -0.1) is 0 Å². The lowest BCUT2D eigenvalue weighted by Gasteiger charge is -2.41. The molecule has 1 aliphatic carbocycles. The third kappa shape index (κ3) is 3.79. The summed E-state index contributed by atoms with van der Waals surface area (Å²) in [6.07, 6.45) is 4.99. The highest BCUT2D eigenvalue weighted by molar-refractivity contribution is 9.10. The van der Waals surface area contributed by atoms with E-state index < -0.39 is 0 Å². The highest BCUT2D eigenvalue weighted by atomic mass is 79.9. The highest BCUT2D eigenvalue weighted by Crippen LogP contribution is 2.32. The molecular formula is C17H25BrN2O. The van der Waals surface area contributed by atoms with Crippen LogP contribution >= 0.6 is 15.9 Å². The third-order valence-electron chi connectivity index (χ3n) is 4.70. The number of anilines is 1. The van der Waals surface area contributed by atoms with E-state index in [0.29, 0.717) is 0 Å². The van der Waals surface area contributed by atoms with Gasteiger partial charge in [0.25, 0.3) is 0 Å². The Morgan fingerprint density at radius 2 is 2.24 bits per heavy atom. The number of nitrogens with one attached hydrogen (secondary N) is 1. The number of halogens is 1. The van der Waals surface area contributed by atoms with E-state index in [0.717, 1.165) is 36.6 Å². The summed E-state index contributed by atoms with van der Waals surface area (Å²) in [7, 11) is 1.83. The first-order valence-electron chi connectivity index (χ1n) is 7.91. The standard InChI is InChI=1S/C17H25BrN2O/c1-17(21-2)8-3-9-20(12-17)16-10-14(18)5-4-13(16)11-19-15-6-7-15/h4-5,10,15,19H,3,6-9,11-12H2,1-2H3. The molecule has 1 atom stereocenters. The van der Waals surface area contributed by atoms with Gasteiger partial charge < -0.3 is 15.0 Å². The van der Waals surface area contributed by atoms with Crippen molar-refractivity contribution in [3.05, 3.63) is 28.2 Å². The second-order valence-electron chi connectivity index (χ2n) is 6.61. The first-order valence-corrected chi connectivity index (χ1v) is 8.71. The van der Waals surface area contributed by atoms with Crippen LogP contribution < -0.4 is 10.2 Å². The molecule has 1 saturated heterocycles. The summed E-state index contributed by atoms with van der Waals surface area (Å²) < 4.78 is 6.89. The lowest BCUT2D eigenvalue weighted by molar-refractivity contribution is -0.00468. The molecule has 1 heterocycles. The molecule has 4 heteroatoms. The van der Waals surface area contributed by atoms with Crippen LogP contribution in [-0.2, 0) is 11.3 Å². The molecule has 2 aliphatic rings. The highest BCUT2D eigenvalue weighted by Gasteiger charge is 2.31. The summed E-state index contributed by atoms with van der Waals surface area (Å²) in [5.41, 5.74) is 2.72. The van der Waals surface area contributed by atoms with Crippen LogP contribution in [0.25, 0.3) is 0 Å². The van der Waals surface area contributed by atoms with Gasteiger partial charge in [0, 0.05) is 42.9 Å². The first kappa shape index (κ1) is 15.3. The maximum Gasteiger partial charge on any atom is 0.0825 e. The Morgan fingerprint density at radius 1 is 1.43 bits per heavy atom. The molecular weight excluding hydrogens is 328 g/mol. The van der Waals surface area contributed by atoms with Crippen molar-refractivity contribution in [2.75, 3.05) is 25.1 Å². The lowest BCUT2D eigenvalue weighted by Crippen LogP contribution is -2.47. The summed E-state index contributed by atoms with van der Waals surface area (Å²) in [5, 5.41) is 3.63. The van der Waals surface area contributed by atoms with Gasteiger partial charge in [-0.1, -0.05) is 22.0 Å². The number of hydrogen-bond donors (Lipinski definition) is 1. The van der Waals surface area contributed by atoms with Crippen LogP contribution in [0.4, 0.5) is 5.69 Å². The Morgan fingerprint density at radius 3 is 2.95 bits per heavy atom. The molecule has 116 valence electrons. The van der Waals surface area contributed by atoms with Gasteiger partial charge in [-0.3, -0.25) is 0 Å². The molecule has 21 heavy (non-hydrogen) atoms. The predicted octanol–water partition coefficient (Wildman–Crippen LogP) is 3.71. The van der Waals surface area contributed by atoms with Crippen molar-refractivity contribution in [2.24, 2.45) is 0 Å². The number of piperidine rings is 1. The van der Waals surface area contributed by atoms with Crippen LogP contribution in [0.1, 0.15) is 38.2 Å². The second kappa shape index (κ2) is 6.27. The molecule has 0 amide bonds. The average Bonchev–Trinajstić information content (AvgIpc) is 3.30. The zero-order valence-corrected chi connectivity index (χ0v) is 14.6. The van der Waals surface area contributed by atoms with Crippen molar-refractivity contribution in [2.45, 2.75) is 50.8 Å². The van der Waals surface area contributed by atoms with Gasteiger partial charge in [0.15, 0.2) is 0 Å². The Hall–Kier alpha value is -0.580. The Bertz CT molecular complexity index is 504. The molecule has 1 unspecified atom stereocenters. The SMILES string of the molecule is COC1(C)CCCN(c2cc(Br)ccc2CNC2CC2)C1. The molecule has 1 aliphatic heterocycles. The van der Waals surface area contributed by atoms with E-state index in [-0.39, 0.29) is 5.60 Å². The zero-order chi connectivity index (χ0) is 14.9. The van der Waals surface area contributed by atoms with Crippen LogP contribution in [0.2, 0.25) is 0 Å². The fourth-order valence-electron chi connectivity index (χ4n) is 3.10. The minimum atomic E-state index is -0.0260. The fourth-order valence-corrected chi connectivity index (χ4v) is 3.45. The van der Waals surface area contributed by atoms with Gasteiger partial charge in [-0.05, 0) is 50.3 Å². The minimum absolute atomic E-state index is 0.0260. The Balaban J connectivity index is 1.79.